The fourth-order valence-corrected chi connectivity index (χ4v) is 4.01. The largest absolute Gasteiger partial charge is 0.335 e. The average molecular weight is 344 g/mol. The second-order valence-corrected chi connectivity index (χ2v) is 6.73. The molecule has 0 bridgehead atoms. The summed E-state index contributed by atoms with van der Waals surface area (Å²) in [6.07, 6.45) is 0. The Morgan fingerprint density at radius 3 is 2.95 bits per heavy atom. The predicted octanol–water partition coefficient (Wildman–Crippen LogP) is 2.78. The number of halogens is 2. The molecule has 0 radical (unpaired) electrons. The third-order valence-electron chi connectivity index (χ3n) is 4.36. The molecule has 2 saturated heterocycles. The molecule has 3 unspecified atom stereocenters. The number of benzene rings is 1. The van der Waals surface area contributed by atoms with E-state index >= 15 is 0 Å². The maximum Gasteiger partial charge on any atom is 0.255 e. The molecule has 2 aliphatic rings. The number of nitrogens with one attached hydrogen (secondary N) is 1. The highest BCUT2D eigenvalue weighted by Gasteiger charge is 2.44. The van der Waals surface area contributed by atoms with Crippen LogP contribution in [0.2, 0.25) is 5.02 Å². The van der Waals surface area contributed by atoms with Crippen molar-refractivity contribution in [3.8, 4) is 0 Å². The summed E-state index contributed by atoms with van der Waals surface area (Å²) in [5.41, 5.74) is 0.602. The molecular formula is C14H16BrClN2O. The highest BCUT2D eigenvalue weighted by Crippen LogP contribution is 2.34. The Kier molecular flexibility index (Phi) is 3.58. The average Bonchev–Trinajstić information content (AvgIpc) is 2.92. The summed E-state index contributed by atoms with van der Waals surface area (Å²) < 4.78 is 0.893. The second kappa shape index (κ2) is 5.08. The molecule has 0 spiro atoms. The van der Waals surface area contributed by atoms with Crippen LogP contribution in [0.3, 0.4) is 0 Å². The van der Waals surface area contributed by atoms with Gasteiger partial charge in [-0.3, -0.25) is 4.79 Å². The van der Waals surface area contributed by atoms with Crippen molar-refractivity contribution in [2.24, 2.45) is 11.8 Å². The summed E-state index contributed by atoms with van der Waals surface area (Å²) in [5, 5.41) is 3.92. The molecule has 2 heterocycles. The first-order chi connectivity index (χ1) is 9.08. The topological polar surface area (TPSA) is 32.3 Å². The summed E-state index contributed by atoms with van der Waals surface area (Å²) in [6, 6.07) is 5.72. The van der Waals surface area contributed by atoms with Gasteiger partial charge >= 0.3 is 0 Å². The van der Waals surface area contributed by atoms with Crippen LogP contribution in [0.5, 0.6) is 0 Å². The Balaban J connectivity index is 1.84. The van der Waals surface area contributed by atoms with Crippen molar-refractivity contribution >= 4 is 33.4 Å². The van der Waals surface area contributed by atoms with E-state index in [1.54, 1.807) is 12.1 Å². The van der Waals surface area contributed by atoms with E-state index in [9.17, 15) is 4.79 Å². The van der Waals surface area contributed by atoms with Crippen molar-refractivity contribution in [2.45, 2.75) is 13.0 Å². The van der Waals surface area contributed by atoms with Crippen LogP contribution in [0, 0.1) is 11.8 Å². The lowest BCUT2D eigenvalue weighted by Crippen LogP contribution is -2.38. The zero-order valence-corrected chi connectivity index (χ0v) is 13.0. The third kappa shape index (κ3) is 2.30. The molecule has 0 aliphatic carbocycles. The molecule has 1 aromatic carbocycles. The van der Waals surface area contributed by atoms with Gasteiger partial charge in [-0.25, -0.2) is 0 Å². The van der Waals surface area contributed by atoms with E-state index in [1.807, 2.05) is 11.0 Å². The van der Waals surface area contributed by atoms with Gasteiger partial charge in [0.15, 0.2) is 0 Å². The second-order valence-electron chi connectivity index (χ2n) is 5.40. The zero-order chi connectivity index (χ0) is 13.6. The van der Waals surface area contributed by atoms with Gasteiger partial charge < -0.3 is 10.2 Å². The van der Waals surface area contributed by atoms with Gasteiger partial charge in [-0.05, 0) is 37.0 Å². The molecule has 19 heavy (non-hydrogen) atoms. The molecule has 1 N–H and O–H groups in total. The van der Waals surface area contributed by atoms with E-state index in [4.69, 9.17) is 11.6 Å². The van der Waals surface area contributed by atoms with E-state index in [0.717, 1.165) is 24.1 Å². The van der Waals surface area contributed by atoms with Gasteiger partial charge in [0.05, 0.1) is 10.6 Å². The predicted molar refractivity (Wildman–Crippen MR) is 79.5 cm³/mol. The molecule has 3 nitrogen and oxygen atoms in total. The van der Waals surface area contributed by atoms with Crippen molar-refractivity contribution in [3.05, 3.63) is 33.3 Å². The monoisotopic (exact) mass is 342 g/mol. The molecule has 102 valence electrons. The number of likely N-dealkylation sites (tertiary alicyclic amines) is 1. The summed E-state index contributed by atoms with van der Waals surface area (Å²) in [7, 11) is 0. The molecule has 1 amide bonds. The van der Waals surface area contributed by atoms with Crippen LogP contribution >= 0.6 is 27.5 Å². The maximum atomic E-state index is 12.6. The first-order valence-electron chi connectivity index (χ1n) is 6.54. The van der Waals surface area contributed by atoms with Gasteiger partial charge in [0.2, 0.25) is 0 Å². The van der Waals surface area contributed by atoms with Crippen LogP contribution in [0.15, 0.2) is 22.7 Å². The van der Waals surface area contributed by atoms with E-state index in [0.29, 0.717) is 22.4 Å². The van der Waals surface area contributed by atoms with Gasteiger partial charge in [-0.2, -0.15) is 0 Å². The van der Waals surface area contributed by atoms with Crippen molar-refractivity contribution in [3.63, 3.8) is 0 Å². The van der Waals surface area contributed by atoms with Crippen LogP contribution in [-0.4, -0.2) is 36.5 Å². The number of fused-ring (bicyclic) bond motifs is 1. The normalized spacial score (nSPS) is 29.6. The first-order valence-corrected chi connectivity index (χ1v) is 7.71. The molecule has 2 fully saturated rings. The van der Waals surface area contributed by atoms with Crippen LogP contribution < -0.4 is 5.32 Å². The van der Waals surface area contributed by atoms with Crippen molar-refractivity contribution in [2.75, 3.05) is 19.6 Å². The molecular weight excluding hydrogens is 328 g/mol. The highest BCUT2D eigenvalue weighted by atomic mass is 79.9. The summed E-state index contributed by atoms with van der Waals surface area (Å²) in [5.74, 6) is 1.23. The fourth-order valence-electron chi connectivity index (χ4n) is 3.25. The molecule has 5 heteroatoms. The fraction of sp³-hybridized carbons (Fsp3) is 0.500. The number of amides is 1. The summed E-state index contributed by atoms with van der Waals surface area (Å²) in [4.78, 5) is 14.6. The lowest BCUT2D eigenvalue weighted by Gasteiger charge is -2.25. The van der Waals surface area contributed by atoms with Gasteiger partial charge in [0.25, 0.3) is 5.91 Å². The Labute approximate surface area is 126 Å². The van der Waals surface area contributed by atoms with Crippen molar-refractivity contribution in [1.29, 1.82) is 0 Å². The van der Waals surface area contributed by atoms with Crippen LogP contribution in [0.4, 0.5) is 0 Å². The summed E-state index contributed by atoms with van der Waals surface area (Å²) in [6.45, 7) is 5.02. The molecule has 3 rings (SSSR count). The minimum absolute atomic E-state index is 0.0550. The van der Waals surface area contributed by atoms with Gasteiger partial charge in [-0.1, -0.05) is 27.5 Å². The lowest BCUT2D eigenvalue weighted by atomic mass is 9.95. The lowest BCUT2D eigenvalue weighted by molar-refractivity contribution is 0.0728. The van der Waals surface area contributed by atoms with E-state index in [1.165, 1.54) is 0 Å². The number of carbonyl (C=O) groups is 1. The minimum atomic E-state index is 0.0550. The minimum Gasteiger partial charge on any atom is -0.335 e. The van der Waals surface area contributed by atoms with Crippen LogP contribution in [0.1, 0.15) is 17.3 Å². The van der Waals surface area contributed by atoms with E-state index in [2.05, 4.69) is 28.2 Å². The number of hydrogen-bond donors (Lipinski definition) is 1. The molecule has 2 aliphatic heterocycles. The number of hydrogen-bond acceptors (Lipinski definition) is 2. The third-order valence-corrected chi connectivity index (χ3v) is 5.16. The Bertz CT molecular complexity index is 522. The Morgan fingerprint density at radius 1 is 1.47 bits per heavy atom. The van der Waals surface area contributed by atoms with Gasteiger partial charge in [0, 0.05) is 30.1 Å². The van der Waals surface area contributed by atoms with Gasteiger partial charge in [0.1, 0.15) is 0 Å². The van der Waals surface area contributed by atoms with Crippen molar-refractivity contribution in [1.82, 2.24) is 10.2 Å². The Hall–Kier alpha value is -0.580. The van der Waals surface area contributed by atoms with Crippen LogP contribution in [-0.2, 0) is 0 Å². The molecule has 3 atom stereocenters. The zero-order valence-electron chi connectivity index (χ0n) is 10.7. The van der Waals surface area contributed by atoms with E-state index < -0.39 is 0 Å². The molecule has 1 aromatic rings. The standard InChI is InChI=1S/C14H16BrClN2O/c1-8-12-6-17-5-9(12)7-18(8)14(19)11-3-2-10(15)4-13(11)16/h2-4,8-9,12,17H,5-7H2,1H3. The molecule has 0 saturated carbocycles. The quantitative estimate of drug-likeness (QED) is 0.850. The molecule has 0 aromatic heterocycles. The van der Waals surface area contributed by atoms with E-state index in [-0.39, 0.29) is 11.9 Å². The van der Waals surface area contributed by atoms with Crippen molar-refractivity contribution < 1.29 is 4.79 Å². The maximum absolute atomic E-state index is 12.6. The Morgan fingerprint density at radius 2 is 2.26 bits per heavy atom. The number of rotatable bonds is 1. The first kappa shape index (κ1) is 13.4. The SMILES string of the molecule is CC1C2CNCC2CN1C(=O)c1ccc(Br)cc1Cl. The van der Waals surface area contributed by atoms with Gasteiger partial charge in [-0.15, -0.1) is 0 Å². The number of carbonyl (C=O) groups excluding carboxylic acids is 1. The smallest absolute Gasteiger partial charge is 0.255 e. The number of nitrogens with zero attached hydrogens (tertiary/aromatic N) is 1. The summed E-state index contributed by atoms with van der Waals surface area (Å²) >= 11 is 9.54. The van der Waals surface area contributed by atoms with Crippen LogP contribution in [0.25, 0.3) is 0 Å². The highest BCUT2D eigenvalue weighted by molar-refractivity contribution is 9.10.